The lowest BCUT2D eigenvalue weighted by atomic mass is 9.71. The zero-order valence-electron chi connectivity index (χ0n) is 11.4. The predicted octanol–water partition coefficient (Wildman–Crippen LogP) is 2.96. The fourth-order valence-electron chi connectivity index (χ4n) is 3.23. The van der Waals surface area contributed by atoms with Gasteiger partial charge >= 0.3 is 0 Å². The minimum absolute atomic E-state index is 0. The third-order valence-electron chi connectivity index (χ3n) is 4.56. The molecule has 0 aromatic carbocycles. The predicted molar refractivity (Wildman–Crippen MR) is 80.6 cm³/mol. The number of carbonyl (C=O) groups is 1. The Morgan fingerprint density at radius 2 is 1.85 bits per heavy atom. The van der Waals surface area contributed by atoms with Crippen molar-refractivity contribution in [2.45, 2.75) is 25.7 Å². The van der Waals surface area contributed by atoms with E-state index in [0.717, 1.165) is 39.0 Å². The molecule has 1 aromatic rings. The van der Waals surface area contributed by atoms with Crippen molar-refractivity contribution in [1.82, 2.24) is 10.2 Å². The Kier molecular flexibility index (Phi) is 4.99. The number of nitrogens with one attached hydrogen (secondary N) is 1. The molecule has 2 saturated heterocycles. The van der Waals surface area contributed by atoms with E-state index in [1.807, 2.05) is 4.90 Å². The standard InChI is InChI=1S/C14H19ClN2O2.ClH/c15-12-2-1-11(19-12)13(18)17-9-5-14(6-10-17)3-7-16-8-4-14;/h1-2,16H,3-10H2;1H. The zero-order valence-corrected chi connectivity index (χ0v) is 12.9. The summed E-state index contributed by atoms with van der Waals surface area (Å²) in [5.74, 6) is 0.321. The molecule has 3 rings (SSSR count). The lowest BCUT2D eigenvalue weighted by molar-refractivity contribution is 0.0470. The fraction of sp³-hybridized carbons (Fsp3) is 0.643. The summed E-state index contributed by atoms with van der Waals surface area (Å²) >= 11 is 5.72. The quantitative estimate of drug-likeness (QED) is 0.865. The van der Waals surface area contributed by atoms with Crippen molar-refractivity contribution in [3.63, 3.8) is 0 Å². The van der Waals surface area contributed by atoms with Gasteiger partial charge < -0.3 is 14.6 Å². The fourth-order valence-corrected chi connectivity index (χ4v) is 3.37. The van der Waals surface area contributed by atoms with Crippen molar-refractivity contribution in [3.8, 4) is 0 Å². The number of nitrogens with zero attached hydrogens (tertiary/aromatic N) is 1. The highest BCUT2D eigenvalue weighted by atomic mass is 35.5. The Labute approximate surface area is 130 Å². The number of rotatable bonds is 1. The normalized spacial score (nSPS) is 21.6. The topological polar surface area (TPSA) is 45.5 Å². The molecule has 1 aromatic heterocycles. The zero-order chi connectivity index (χ0) is 13.3. The maximum Gasteiger partial charge on any atom is 0.289 e. The molecular formula is C14H20Cl2N2O2. The maximum absolute atomic E-state index is 12.2. The van der Waals surface area contributed by atoms with Crippen LogP contribution in [0.2, 0.25) is 5.22 Å². The average Bonchev–Trinajstić information content (AvgIpc) is 2.87. The molecule has 112 valence electrons. The highest BCUT2D eigenvalue weighted by molar-refractivity contribution is 6.29. The molecule has 20 heavy (non-hydrogen) atoms. The van der Waals surface area contributed by atoms with Crippen molar-refractivity contribution >= 4 is 29.9 Å². The summed E-state index contributed by atoms with van der Waals surface area (Å²) in [6.07, 6.45) is 4.69. The number of hydrogen-bond donors (Lipinski definition) is 1. The van der Waals surface area contributed by atoms with Crippen LogP contribution in [-0.4, -0.2) is 37.0 Å². The van der Waals surface area contributed by atoms with Gasteiger partial charge in [0, 0.05) is 13.1 Å². The summed E-state index contributed by atoms with van der Waals surface area (Å²) in [5.41, 5.74) is 0.461. The molecule has 1 spiro atoms. The van der Waals surface area contributed by atoms with Crippen LogP contribution in [-0.2, 0) is 0 Å². The average molecular weight is 319 g/mol. The molecule has 6 heteroatoms. The van der Waals surface area contributed by atoms with Crippen LogP contribution in [0, 0.1) is 5.41 Å². The second-order valence-corrected chi connectivity index (χ2v) is 6.02. The van der Waals surface area contributed by atoms with E-state index in [1.54, 1.807) is 12.1 Å². The van der Waals surface area contributed by atoms with E-state index < -0.39 is 0 Å². The summed E-state index contributed by atoms with van der Waals surface area (Å²) in [5, 5.41) is 3.68. The van der Waals surface area contributed by atoms with Gasteiger partial charge in [0.25, 0.3) is 5.91 Å². The van der Waals surface area contributed by atoms with Crippen LogP contribution < -0.4 is 5.32 Å². The van der Waals surface area contributed by atoms with E-state index in [2.05, 4.69) is 5.32 Å². The van der Waals surface area contributed by atoms with Gasteiger partial charge in [-0.3, -0.25) is 4.79 Å². The minimum Gasteiger partial charge on any atom is -0.440 e. The first-order valence-corrected chi connectivity index (χ1v) is 7.32. The number of piperidine rings is 2. The van der Waals surface area contributed by atoms with Crippen molar-refractivity contribution < 1.29 is 9.21 Å². The van der Waals surface area contributed by atoms with Gasteiger partial charge in [-0.2, -0.15) is 0 Å². The highest BCUT2D eigenvalue weighted by Gasteiger charge is 2.37. The minimum atomic E-state index is -0.0318. The van der Waals surface area contributed by atoms with Gasteiger partial charge in [0.1, 0.15) is 0 Å². The lowest BCUT2D eigenvalue weighted by Gasteiger charge is -2.44. The van der Waals surface area contributed by atoms with Crippen LogP contribution >= 0.6 is 24.0 Å². The molecule has 2 aliphatic rings. The Hall–Kier alpha value is -0.710. The molecule has 0 unspecified atom stereocenters. The second kappa shape index (κ2) is 6.37. The van der Waals surface area contributed by atoms with Crippen LogP contribution in [0.4, 0.5) is 0 Å². The summed E-state index contributed by atoms with van der Waals surface area (Å²) in [7, 11) is 0. The molecule has 0 bridgehead atoms. The number of carbonyl (C=O) groups excluding carboxylic acids is 1. The van der Waals surface area contributed by atoms with E-state index in [-0.39, 0.29) is 23.5 Å². The first-order valence-electron chi connectivity index (χ1n) is 6.94. The van der Waals surface area contributed by atoms with Gasteiger partial charge in [0.05, 0.1) is 0 Å². The van der Waals surface area contributed by atoms with Crippen molar-refractivity contribution in [2.24, 2.45) is 5.41 Å². The molecule has 1 amide bonds. The second-order valence-electron chi connectivity index (χ2n) is 5.65. The lowest BCUT2D eigenvalue weighted by Crippen LogP contribution is -2.47. The highest BCUT2D eigenvalue weighted by Crippen LogP contribution is 2.39. The number of amides is 1. The van der Waals surface area contributed by atoms with Gasteiger partial charge in [-0.1, -0.05) is 0 Å². The molecule has 1 N–H and O–H groups in total. The molecule has 0 atom stereocenters. The van der Waals surface area contributed by atoms with E-state index in [1.165, 1.54) is 12.8 Å². The number of halogens is 2. The van der Waals surface area contributed by atoms with Crippen molar-refractivity contribution in [2.75, 3.05) is 26.2 Å². The third kappa shape index (κ3) is 3.13. The first kappa shape index (κ1) is 15.7. The van der Waals surface area contributed by atoms with Crippen LogP contribution in [0.3, 0.4) is 0 Å². The summed E-state index contributed by atoms with van der Waals surface area (Å²) in [6.45, 7) is 3.89. The van der Waals surface area contributed by atoms with Crippen LogP contribution in [0.1, 0.15) is 36.2 Å². The molecule has 2 fully saturated rings. The number of hydrogen-bond acceptors (Lipinski definition) is 3. The van der Waals surface area contributed by atoms with Crippen LogP contribution in [0.5, 0.6) is 0 Å². The van der Waals surface area contributed by atoms with Gasteiger partial charge in [0.15, 0.2) is 11.0 Å². The number of furan rings is 1. The Morgan fingerprint density at radius 1 is 1.20 bits per heavy atom. The summed E-state index contributed by atoms with van der Waals surface area (Å²) in [4.78, 5) is 14.1. The molecule has 0 radical (unpaired) electrons. The molecule has 0 saturated carbocycles. The smallest absolute Gasteiger partial charge is 0.289 e. The van der Waals surface area contributed by atoms with Crippen LogP contribution in [0.25, 0.3) is 0 Å². The molecule has 2 aliphatic heterocycles. The molecule has 0 aliphatic carbocycles. The van der Waals surface area contributed by atoms with E-state index in [4.69, 9.17) is 16.0 Å². The van der Waals surface area contributed by atoms with Crippen molar-refractivity contribution in [1.29, 1.82) is 0 Å². The van der Waals surface area contributed by atoms with Crippen LogP contribution in [0.15, 0.2) is 16.5 Å². The Balaban J connectivity index is 0.00000147. The summed E-state index contributed by atoms with van der Waals surface area (Å²) < 4.78 is 5.20. The van der Waals surface area contributed by atoms with E-state index in [0.29, 0.717) is 11.2 Å². The SMILES string of the molecule is Cl.O=C(c1ccc(Cl)o1)N1CCC2(CCNCC2)CC1. The third-order valence-corrected chi connectivity index (χ3v) is 4.76. The molecular weight excluding hydrogens is 299 g/mol. The van der Waals surface area contributed by atoms with Gasteiger partial charge in [-0.25, -0.2) is 0 Å². The number of likely N-dealkylation sites (tertiary alicyclic amines) is 1. The van der Waals surface area contributed by atoms with E-state index >= 15 is 0 Å². The monoisotopic (exact) mass is 318 g/mol. The van der Waals surface area contributed by atoms with Gasteiger partial charge in [-0.05, 0) is 67.9 Å². The molecule has 3 heterocycles. The summed E-state index contributed by atoms with van der Waals surface area (Å²) in [6, 6.07) is 3.27. The van der Waals surface area contributed by atoms with Gasteiger partial charge in [-0.15, -0.1) is 12.4 Å². The first-order chi connectivity index (χ1) is 9.19. The Bertz CT molecular complexity index is 459. The maximum atomic E-state index is 12.2. The Morgan fingerprint density at radius 3 is 2.40 bits per heavy atom. The van der Waals surface area contributed by atoms with Gasteiger partial charge in [0.2, 0.25) is 0 Å². The van der Waals surface area contributed by atoms with Crippen molar-refractivity contribution in [3.05, 3.63) is 23.1 Å². The van der Waals surface area contributed by atoms with E-state index in [9.17, 15) is 4.79 Å². The molecule has 4 nitrogen and oxygen atoms in total. The largest absolute Gasteiger partial charge is 0.440 e.